The first-order chi connectivity index (χ1) is 18.9. The fourth-order valence-corrected chi connectivity index (χ4v) is 5.18. The molecule has 1 fully saturated rings. The van der Waals surface area contributed by atoms with Crippen LogP contribution in [0, 0.1) is 5.82 Å². The first-order valence-electron chi connectivity index (χ1n) is 12.6. The summed E-state index contributed by atoms with van der Waals surface area (Å²) < 4.78 is 48.1. The van der Waals surface area contributed by atoms with E-state index < -0.39 is 21.9 Å². The quantitative estimate of drug-likeness (QED) is 0.338. The predicted molar refractivity (Wildman–Crippen MR) is 151 cm³/mol. The van der Waals surface area contributed by atoms with Gasteiger partial charge >= 0.3 is 6.09 Å². The Morgan fingerprint density at radius 2 is 2.00 bits per heavy atom. The van der Waals surface area contributed by atoms with Gasteiger partial charge in [-0.3, -0.25) is 9.40 Å². The molecule has 2 aromatic heterocycles. The van der Waals surface area contributed by atoms with Crippen LogP contribution in [0.4, 0.5) is 20.8 Å². The van der Waals surface area contributed by atoms with Gasteiger partial charge in [-0.05, 0) is 58.1 Å². The molecule has 0 spiro atoms. The molecule has 1 aliphatic rings. The maximum absolute atomic E-state index is 15.8. The van der Waals surface area contributed by atoms with E-state index in [2.05, 4.69) is 42.0 Å². The van der Waals surface area contributed by atoms with Crippen molar-refractivity contribution in [3.63, 3.8) is 0 Å². The second kappa shape index (κ2) is 12.4. The van der Waals surface area contributed by atoms with Crippen molar-refractivity contribution >= 4 is 39.4 Å². The van der Waals surface area contributed by atoms with Gasteiger partial charge in [0.25, 0.3) is 0 Å². The van der Waals surface area contributed by atoms with E-state index in [1.807, 2.05) is 10.9 Å². The number of carbonyl (C=O) groups is 1. The third-order valence-electron chi connectivity index (χ3n) is 6.43. The van der Waals surface area contributed by atoms with E-state index in [4.69, 9.17) is 16.7 Å². The van der Waals surface area contributed by atoms with Gasteiger partial charge in [-0.2, -0.15) is 5.10 Å². The summed E-state index contributed by atoms with van der Waals surface area (Å²) in [6.07, 6.45) is 5.48. The molecule has 3 heterocycles. The molecule has 15 heteroatoms. The Kier molecular flexibility index (Phi) is 9.11. The van der Waals surface area contributed by atoms with Crippen molar-refractivity contribution in [2.45, 2.75) is 31.8 Å². The molecule has 0 unspecified atom stereocenters. The SMILES string of the molecule is COC(=O)N[C@@H](C)CNc1nccc(-c2cn(C3CCN(C)CC3)nc2-c2cc(Cl)cc(NS(C)(=O)=O)c2F)n1. The Morgan fingerprint density at radius 3 is 2.67 bits per heavy atom. The molecule has 4 rings (SSSR count). The lowest BCUT2D eigenvalue weighted by atomic mass is 10.0. The van der Waals surface area contributed by atoms with E-state index in [-0.39, 0.29) is 34.1 Å². The number of rotatable bonds is 9. The second-order valence-corrected chi connectivity index (χ2v) is 12.0. The van der Waals surface area contributed by atoms with Crippen LogP contribution in [0.1, 0.15) is 25.8 Å². The highest BCUT2D eigenvalue weighted by atomic mass is 35.5. The smallest absolute Gasteiger partial charge is 0.407 e. The Bertz CT molecular complexity index is 1480. The minimum Gasteiger partial charge on any atom is -0.453 e. The third-order valence-corrected chi connectivity index (χ3v) is 7.24. The van der Waals surface area contributed by atoms with E-state index in [9.17, 15) is 13.2 Å². The zero-order chi connectivity index (χ0) is 29.0. The lowest BCUT2D eigenvalue weighted by Crippen LogP contribution is -2.37. The maximum Gasteiger partial charge on any atom is 0.407 e. The number of amides is 1. The number of benzene rings is 1. The van der Waals surface area contributed by atoms with Crippen molar-refractivity contribution in [3.8, 4) is 22.5 Å². The van der Waals surface area contributed by atoms with Crippen LogP contribution in [0.2, 0.25) is 5.02 Å². The van der Waals surface area contributed by atoms with E-state index in [0.29, 0.717) is 23.8 Å². The number of anilines is 2. The van der Waals surface area contributed by atoms with Gasteiger partial charge in [-0.15, -0.1) is 0 Å². The van der Waals surface area contributed by atoms with Gasteiger partial charge in [0, 0.05) is 41.1 Å². The first kappa shape index (κ1) is 29.5. The van der Waals surface area contributed by atoms with Crippen LogP contribution in [0.15, 0.2) is 30.6 Å². The highest BCUT2D eigenvalue weighted by Crippen LogP contribution is 2.38. The van der Waals surface area contributed by atoms with Crippen molar-refractivity contribution in [3.05, 3.63) is 41.4 Å². The van der Waals surface area contributed by atoms with Crippen LogP contribution in [-0.2, 0) is 14.8 Å². The number of hydrogen-bond donors (Lipinski definition) is 3. The van der Waals surface area contributed by atoms with Crippen molar-refractivity contribution < 1.29 is 22.3 Å². The summed E-state index contributed by atoms with van der Waals surface area (Å²) in [4.78, 5) is 22.6. The fourth-order valence-electron chi connectivity index (χ4n) is 4.41. The van der Waals surface area contributed by atoms with Gasteiger partial charge in [0.2, 0.25) is 16.0 Å². The van der Waals surface area contributed by atoms with Crippen LogP contribution in [0.3, 0.4) is 0 Å². The predicted octanol–water partition coefficient (Wildman–Crippen LogP) is 3.59. The van der Waals surface area contributed by atoms with Crippen molar-refractivity contribution in [2.24, 2.45) is 0 Å². The van der Waals surface area contributed by atoms with Crippen molar-refractivity contribution in [1.29, 1.82) is 0 Å². The number of nitrogens with zero attached hydrogens (tertiary/aromatic N) is 5. The number of piperidine rings is 1. The summed E-state index contributed by atoms with van der Waals surface area (Å²) in [5.74, 6) is -0.514. The molecule has 1 saturated heterocycles. The molecular formula is C25H32ClFN8O4S. The number of halogens is 2. The van der Waals surface area contributed by atoms with Crippen molar-refractivity contribution in [1.82, 2.24) is 30.0 Å². The molecule has 3 N–H and O–H groups in total. The number of ether oxygens (including phenoxy) is 1. The molecule has 1 amide bonds. The topological polar surface area (TPSA) is 143 Å². The fraction of sp³-hybridized carbons (Fsp3) is 0.440. The lowest BCUT2D eigenvalue weighted by Gasteiger charge is -2.29. The second-order valence-electron chi connectivity index (χ2n) is 9.78. The minimum atomic E-state index is -3.77. The standard InChI is InChI=1S/C25H32ClFN8O4S/c1-15(30-25(36)39-3)13-29-24-28-8-5-20(31-24)19-14-35(17-6-9-34(2)10-7-17)32-23(19)18-11-16(26)12-21(22(18)27)33-40(4,37)38/h5,8,11-12,14-15,17,33H,6-7,9-10,13H2,1-4H3,(H,30,36)(H,28,29,31)/t15-/m0/s1. The summed E-state index contributed by atoms with van der Waals surface area (Å²) in [7, 11) is -0.419. The Hall–Kier alpha value is -3.49. The van der Waals surface area contributed by atoms with Gasteiger partial charge in [0.1, 0.15) is 5.69 Å². The normalized spacial score (nSPS) is 15.4. The summed E-state index contributed by atoms with van der Waals surface area (Å²) in [5.41, 5.74) is 1.01. The maximum atomic E-state index is 15.8. The summed E-state index contributed by atoms with van der Waals surface area (Å²) in [6.45, 7) is 3.90. The van der Waals surface area contributed by atoms with Gasteiger partial charge < -0.3 is 20.3 Å². The molecule has 0 radical (unpaired) electrons. The Balaban J connectivity index is 1.74. The number of alkyl carbamates (subject to hydrolysis) is 1. The number of aromatic nitrogens is 4. The summed E-state index contributed by atoms with van der Waals surface area (Å²) in [5, 5.41) is 10.6. The van der Waals surface area contributed by atoms with E-state index in [1.54, 1.807) is 19.2 Å². The van der Waals surface area contributed by atoms with E-state index >= 15 is 4.39 Å². The lowest BCUT2D eigenvalue weighted by molar-refractivity contribution is 0.168. The van der Waals surface area contributed by atoms with E-state index in [0.717, 1.165) is 32.2 Å². The van der Waals surface area contributed by atoms with Crippen LogP contribution in [0.25, 0.3) is 22.5 Å². The molecule has 216 valence electrons. The van der Waals surface area contributed by atoms with Gasteiger partial charge in [0.15, 0.2) is 5.82 Å². The van der Waals surface area contributed by atoms with Crippen LogP contribution in [0.5, 0.6) is 0 Å². The molecule has 3 aromatic rings. The molecule has 0 saturated carbocycles. The largest absolute Gasteiger partial charge is 0.453 e. The molecule has 1 aromatic carbocycles. The van der Waals surface area contributed by atoms with Crippen LogP contribution >= 0.6 is 11.6 Å². The molecular weight excluding hydrogens is 563 g/mol. The van der Waals surface area contributed by atoms with Gasteiger partial charge in [-0.1, -0.05) is 11.6 Å². The van der Waals surface area contributed by atoms with Gasteiger partial charge in [-0.25, -0.2) is 27.6 Å². The monoisotopic (exact) mass is 594 g/mol. The summed E-state index contributed by atoms with van der Waals surface area (Å²) in [6, 6.07) is 4.12. The van der Waals surface area contributed by atoms with Crippen LogP contribution < -0.4 is 15.4 Å². The average Bonchev–Trinajstić information content (AvgIpc) is 3.34. The average molecular weight is 595 g/mol. The number of hydrogen-bond acceptors (Lipinski definition) is 9. The number of nitrogens with one attached hydrogen (secondary N) is 3. The summed E-state index contributed by atoms with van der Waals surface area (Å²) >= 11 is 6.30. The molecule has 40 heavy (non-hydrogen) atoms. The molecule has 0 bridgehead atoms. The van der Waals surface area contributed by atoms with Crippen molar-refractivity contribution in [2.75, 3.05) is 50.1 Å². The highest BCUT2D eigenvalue weighted by molar-refractivity contribution is 7.92. The minimum absolute atomic E-state index is 0.0318. The molecule has 12 nitrogen and oxygen atoms in total. The zero-order valence-corrected chi connectivity index (χ0v) is 24.2. The van der Waals surface area contributed by atoms with Gasteiger partial charge in [0.05, 0.1) is 30.8 Å². The van der Waals surface area contributed by atoms with E-state index in [1.165, 1.54) is 19.2 Å². The number of likely N-dealkylation sites (tertiary alicyclic amines) is 1. The van der Waals surface area contributed by atoms with Crippen LogP contribution in [-0.4, -0.2) is 85.2 Å². The third kappa shape index (κ3) is 7.37. The highest BCUT2D eigenvalue weighted by Gasteiger charge is 2.25. The Morgan fingerprint density at radius 1 is 1.27 bits per heavy atom. The molecule has 1 atom stereocenters. The number of carbonyl (C=O) groups excluding carboxylic acids is 1. The first-order valence-corrected chi connectivity index (χ1v) is 14.9. The zero-order valence-electron chi connectivity index (χ0n) is 22.6. The number of sulfonamides is 1. The molecule has 1 aliphatic heterocycles. The number of methoxy groups -OCH3 is 1. The molecule has 0 aliphatic carbocycles. The Labute approximate surface area is 237 Å².